The maximum atomic E-state index is 12.4. The van der Waals surface area contributed by atoms with Crippen molar-refractivity contribution in [1.82, 2.24) is 0 Å². The van der Waals surface area contributed by atoms with E-state index >= 15 is 0 Å². The molecule has 1 aromatic rings. The summed E-state index contributed by atoms with van der Waals surface area (Å²) in [6.07, 6.45) is -4.21. The normalized spacial score (nSPS) is 13.8. The fourth-order valence-corrected chi connectivity index (χ4v) is 1.22. The zero-order valence-electron chi connectivity index (χ0n) is 8.76. The van der Waals surface area contributed by atoms with E-state index in [9.17, 15) is 18.0 Å². The van der Waals surface area contributed by atoms with Crippen LogP contribution in [0.1, 0.15) is 48.1 Å². The molecule has 0 aliphatic carbocycles. The summed E-state index contributed by atoms with van der Waals surface area (Å²) in [5.74, 6) is -3.26. The highest BCUT2D eigenvalue weighted by atomic mass is 19.4. The number of aromatic carboxylic acids is 1. The molecule has 1 heterocycles. The average molecular weight is 236 g/mol. The van der Waals surface area contributed by atoms with Gasteiger partial charge in [-0.2, -0.15) is 13.2 Å². The lowest BCUT2D eigenvalue weighted by Crippen LogP contribution is -2.09. The van der Waals surface area contributed by atoms with Crippen molar-refractivity contribution in [3.63, 3.8) is 0 Å². The molecule has 1 aromatic heterocycles. The van der Waals surface area contributed by atoms with Gasteiger partial charge in [-0.25, -0.2) is 4.79 Å². The van der Waals surface area contributed by atoms with Gasteiger partial charge in [0.05, 0.1) is 0 Å². The SMILES string of the molecule is CCC(C)c1cc(C(=O)O)c(C(F)(F)F)o1. The van der Waals surface area contributed by atoms with E-state index in [2.05, 4.69) is 4.42 Å². The van der Waals surface area contributed by atoms with E-state index in [1.807, 2.05) is 0 Å². The zero-order chi connectivity index (χ0) is 12.5. The Kier molecular flexibility index (Phi) is 3.30. The van der Waals surface area contributed by atoms with Gasteiger partial charge in [-0.15, -0.1) is 0 Å². The fourth-order valence-electron chi connectivity index (χ4n) is 1.22. The number of furan rings is 1. The number of halogens is 3. The third-order valence-electron chi connectivity index (χ3n) is 2.34. The molecule has 0 bridgehead atoms. The van der Waals surface area contributed by atoms with Gasteiger partial charge in [0.1, 0.15) is 11.3 Å². The van der Waals surface area contributed by atoms with Gasteiger partial charge < -0.3 is 9.52 Å². The first-order valence-corrected chi connectivity index (χ1v) is 4.71. The van der Waals surface area contributed by atoms with Crippen LogP contribution in [0.15, 0.2) is 10.5 Å². The Bertz CT molecular complexity index is 393. The minimum atomic E-state index is -4.78. The minimum Gasteiger partial charge on any atom is -0.478 e. The Balaban J connectivity index is 3.26. The Morgan fingerprint density at radius 2 is 2.12 bits per heavy atom. The molecule has 0 amide bonds. The van der Waals surface area contributed by atoms with E-state index in [0.29, 0.717) is 6.42 Å². The molecule has 1 N–H and O–H groups in total. The second-order valence-electron chi connectivity index (χ2n) is 3.50. The van der Waals surface area contributed by atoms with E-state index in [4.69, 9.17) is 5.11 Å². The van der Waals surface area contributed by atoms with Crippen LogP contribution in [0, 0.1) is 0 Å². The summed E-state index contributed by atoms with van der Waals surface area (Å²) >= 11 is 0. The molecule has 0 saturated heterocycles. The minimum absolute atomic E-state index is 0.0484. The lowest BCUT2D eigenvalue weighted by atomic mass is 10.1. The Morgan fingerprint density at radius 1 is 1.56 bits per heavy atom. The van der Waals surface area contributed by atoms with Crippen molar-refractivity contribution in [2.45, 2.75) is 32.4 Å². The first kappa shape index (κ1) is 12.6. The van der Waals surface area contributed by atoms with Gasteiger partial charge in [-0.05, 0) is 12.5 Å². The van der Waals surface area contributed by atoms with Gasteiger partial charge in [0.2, 0.25) is 5.76 Å². The van der Waals surface area contributed by atoms with Crippen LogP contribution in [0.5, 0.6) is 0 Å². The standard InChI is InChI=1S/C10H11F3O3/c1-3-5(2)7-4-6(9(14)15)8(16-7)10(11,12)13/h4-5H,3H2,1-2H3,(H,14,15). The quantitative estimate of drug-likeness (QED) is 0.873. The fraction of sp³-hybridized carbons (Fsp3) is 0.500. The molecule has 1 unspecified atom stereocenters. The maximum Gasteiger partial charge on any atom is 0.450 e. The molecule has 0 fully saturated rings. The first-order valence-electron chi connectivity index (χ1n) is 4.71. The number of carboxylic acid groups (broad SMARTS) is 1. The van der Waals surface area contributed by atoms with Crippen LogP contribution in [-0.4, -0.2) is 11.1 Å². The highest BCUT2D eigenvalue weighted by molar-refractivity contribution is 5.89. The number of hydrogen-bond acceptors (Lipinski definition) is 2. The number of hydrogen-bond donors (Lipinski definition) is 1. The van der Waals surface area contributed by atoms with Crippen molar-refractivity contribution < 1.29 is 27.5 Å². The van der Waals surface area contributed by atoms with Crippen LogP contribution >= 0.6 is 0 Å². The van der Waals surface area contributed by atoms with E-state index < -0.39 is 23.5 Å². The van der Waals surface area contributed by atoms with Crippen LogP contribution in [0.3, 0.4) is 0 Å². The molecule has 0 saturated carbocycles. The van der Waals surface area contributed by atoms with E-state index in [1.54, 1.807) is 13.8 Å². The molecule has 0 aromatic carbocycles. The summed E-state index contributed by atoms with van der Waals surface area (Å²) in [6.45, 7) is 3.45. The molecule has 0 aliphatic rings. The van der Waals surface area contributed by atoms with Gasteiger partial charge in [-0.3, -0.25) is 0 Å². The largest absolute Gasteiger partial charge is 0.478 e. The maximum absolute atomic E-state index is 12.4. The third kappa shape index (κ3) is 2.37. The number of carbonyl (C=O) groups is 1. The predicted octanol–water partition coefficient (Wildman–Crippen LogP) is 3.51. The van der Waals surface area contributed by atoms with Gasteiger partial charge in [0, 0.05) is 5.92 Å². The van der Waals surface area contributed by atoms with Crippen molar-refractivity contribution >= 4 is 5.97 Å². The molecule has 6 heteroatoms. The highest BCUT2D eigenvalue weighted by Gasteiger charge is 2.40. The third-order valence-corrected chi connectivity index (χ3v) is 2.34. The van der Waals surface area contributed by atoms with Gasteiger partial charge in [-0.1, -0.05) is 13.8 Å². The van der Waals surface area contributed by atoms with Crippen molar-refractivity contribution in [2.75, 3.05) is 0 Å². The highest BCUT2D eigenvalue weighted by Crippen LogP contribution is 2.36. The topological polar surface area (TPSA) is 50.4 Å². The summed E-state index contributed by atoms with van der Waals surface area (Å²) in [6, 6.07) is 0.944. The van der Waals surface area contributed by atoms with Crippen LogP contribution in [-0.2, 0) is 6.18 Å². The van der Waals surface area contributed by atoms with Crippen LogP contribution in [0.4, 0.5) is 13.2 Å². The molecule has 3 nitrogen and oxygen atoms in total. The summed E-state index contributed by atoms with van der Waals surface area (Å²) in [4.78, 5) is 10.6. The second kappa shape index (κ2) is 4.19. The first-order chi connectivity index (χ1) is 7.27. The predicted molar refractivity (Wildman–Crippen MR) is 49.4 cm³/mol. The van der Waals surface area contributed by atoms with E-state index in [0.717, 1.165) is 6.07 Å². The lowest BCUT2D eigenvalue weighted by molar-refractivity contribution is -0.154. The Hall–Kier alpha value is -1.46. The molecular weight excluding hydrogens is 225 g/mol. The van der Waals surface area contributed by atoms with Crippen molar-refractivity contribution in [2.24, 2.45) is 0 Å². The Morgan fingerprint density at radius 3 is 2.44 bits per heavy atom. The van der Waals surface area contributed by atoms with Gasteiger partial charge in [0.15, 0.2) is 0 Å². The number of rotatable bonds is 3. The molecule has 0 spiro atoms. The number of alkyl halides is 3. The monoisotopic (exact) mass is 236 g/mol. The average Bonchev–Trinajstić information content (AvgIpc) is 2.60. The molecule has 1 rings (SSSR count). The summed E-state index contributed by atoms with van der Waals surface area (Å²) in [5.41, 5.74) is -0.831. The summed E-state index contributed by atoms with van der Waals surface area (Å²) < 4.78 is 41.9. The molecule has 90 valence electrons. The van der Waals surface area contributed by atoms with Gasteiger partial charge >= 0.3 is 12.1 Å². The molecule has 0 aliphatic heterocycles. The van der Waals surface area contributed by atoms with Gasteiger partial charge in [0.25, 0.3) is 0 Å². The van der Waals surface area contributed by atoms with Crippen LogP contribution < -0.4 is 0 Å². The van der Waals surface area contributed by atoms with E-state index in [1.165, 1.54) is 0 Å². The zero-order valence-corrected chi connectivity index (χ0v) is 8.76. The molecule has 1 atom stereocenters. The summed E-state index contributed by atoms with van der Waals surface area (Å²) in [7, 11) is 0. The van der Waals surface area contributed by atoms with Crippen LogP contribution in [0.2, 0.25) is 0 Å². The van der Waals surface area contributed by atoms with Crippen molar-refractivity contribution in [1.29, 1.82) is 0 Å². The lowest BCUT2D eigenvalue weighted by Gasteiger charge is -2.05. The van der Waals surface area contributed by atoms with E-state index in [-0.39, 0.29) is 11.7 Å². The smallest absolute Gasteiger partial charge is 0.450 e. The van der Waals surface area contributed by atoms with Crippen LogP contribution in [0.25, 0.3) is 0 Å². The summed E-state index contributed by atoms with van der Waals surface area (Å²) in [5, 5.41) is 8.64. The van der Waals surface area contributed by atoms with Crippen molar-refractivity contribution in [3.8, 4) is 0 Å². The molecule has 0 radical (unpaired) electrons. The van der Waals surface area contributed by atoms with Crippen molar-refractivity contribution in [3.05, 3.63) is 23.2 Å². The second-order valence-corrected chi connectivity index (χ2v) is 3.50. The molecular formula is C10H11F3O3. The molecule has 16 heavy (non-hydrogen) atoms. The number of carboxylic acids is 1. The Labute approximate surface area is 89.9 Å².